The molecule has 0 radical (unpaired) electrons. The van der Waals surface area contributed by atoms with Gasteiger partial charge in [0.25, 0.3) is 0 Å². The Kier molecular flexibility index (Phi) is 8.07. The number of thiazole rings is 1. The van der Waals surface area contributed by atoms with Crippen molar-refractivity contribution >= 4 is 17.2 Å². The number of carbonyl (C=O) groups is 1. The number of aromatic nitrogens is 1. The third-order valence-corrected chi connectivity index (χ3v) is 5.62. The monoisotopic (exact) mass is 408 g/mol. The van der Waals surface area contributed by atoms with E-state index in [9.17, 15) is 9.90 Å². The van der Waals surface area contributed by atoms with Crippen molar-refractivity contribution in [1.29, 1.82) is 0 Å². The molecule has 1 aromatic carbocycles. The molecular formula is C20H28N2O5S. The number of ether oxygens (including phenoxy) is 3. The molecule has 1 heterocycles. The van der Waals surface area contributed by atoms with Crippen LogP contribution in [0, 0.1) is 5.92 Å². The van der Waals surface area contributed by atoms with E-state index in [4.69, 9.17) is 14.2 Å². The number of carbonyl (C=O) groups excluding carboxylic acids is 1. The van der Waals surface area contributed by atoms with Gasteiger partial charge < -0.3 is 24.6 Å². The zero-order chi connectivity index (χ0) is 20.7. The first-order valence-corrected chi connectivity index (χ1v) is 10.00. The van der Waals surface area contributed by atoms with Crippen molar-refractivity contribution < 1.29 is 24.1 Å². The summed E-state index contributed by atoms with van der Waals surface area (Å²) < 4.78 is 16.1. The second-order valence-electron chi connectivity index (χ2n) is 6.48. The van der Waals surface area contributed by atoms with Crippen LogP contribution in [0.25, 0.3) is 10.6 Å². The summed E-state index contributed by atoms with van der Waals surface area (Å²) in [7, 11) is 4.68. The molecule has 2 atom stereocenters. The molecule has 2 aromatic rings. The van der Waals surface area contributed by atoms with Crippen molar-refractivity contribution in [3.05, 3.63) is 23.2 Å². The van der Waals surface area contributed by atoms with E-state index in [1.807, 2.05) is 31.4 Å². The summed E-state index contributed by atoms with van der Waals surface area (Å²) >= 11 is 1.44. The molecule has 0 saturated carbocycles. The summed E-state index contributed by atoms with van der Waals surface area (Å²) in [5, 5.41) is 15.0. The topological polar surface area (TPSA) is 89.9 Å². The van der Waals surface area contributed by atoms with Gasteiger partial charge in [0.05, 0.1) is 46.1 Å². The lowest BCUT2D eigenvalue weighted by atomic mass is 10.00. The number of rotatable bonds is 10. The summed E-state index contributed by atoms with van der Waals surface area (Å²) in [5.74, 6) is 1.67. The minimum Gasteiger partial charge on any atom is -0.493 e. The van der Waals surface area contributed by atoms with Crippen LogP contribution in [0.1, 0.15) is 26.0 Å². The Labute approximate surface area is 169 Å². The number of nitrogens with zero attached hydrogens (tertiary/aromatic N) is 1. The molecule has 154 valence electrons. The predicted octanol–water partition coefficient (Wildman–Crippen LogP) is 2.90. The fourth-order valence-corrected chi connectivity index (χ4v) is 3.61. The van der Waals surface area contributed by atoms with E-state index in [0.29, 0.717) is 22.9 Å². The van der Waals surface area contributed by atoms with Crippen LogP contribution in [0.3, 0.4) is 0 Å². The third-order valence-electron chi connectivity index (χ3n) is 4.68. The minimum atomic E-state index is -0.245. The van der Waals surface area contributed by atoms with Gasteiger partial charge in [0.1, 0.15) is 5.01 Å². The van der Waals surface area contributed by atoms with E-state index < -0.39 is 0 Å². The first-order valence-electron chi connectivity index (χ1n) is 9.12. The zero-order valence-electron chi connectivity index (χ0n) is 16.9. The normalized spacial score (nSPS) is 12.9. The van der Waals surface area contributed by atoms with Crippen LogP contribution in [-0.4, -0.2) is 50.0 Å². The standard InChI is InChI=1S/C20H28N2O5S/c1-6-12(2)15(10-23)22-18(24)9-14-11-28-20(21-14)13-7-16(25-3)19(27-5)17(8-13)26-4/h7-8,11-12,15,23H,6,9-10H2,1-5H3,(H,22,24)/t12-,15-/m0/s1. The maximum Gasteiger partial charge on any atom is 0.226 e. The number of hydrogen-bond donors (Lipinski definition) is 2. The average Bonchev–Trinajstić information content (AvgIpc) is 3.18. The van der Waals surface area contributed by atoms with Crippen molar-refractivity contribution in [3.8, 4) is 27.8 Å². The molecule has 0 fully saturated rings. The van der Waals surface area contributed by atoms with Gasteiger partial charge in [-0.15, -0.1) is 11.3 Å². The van der Waals surface area contributed by atoms with Crippen LogP contribution in [-0.2, 0) is 11.2 Å². The number of aliphatic hydroxyl groups is 1. The average molecular weight is 409 g/mol. The van der Waals surface area contributed by atoms with Crippen molar-refractivity contribution in [1.82, 2.24) is 10.3 Å². The molecule has 0 aliphatic carbocycles. The van der Waals surface area contributed by atoms with Gasteiger partial charge >= 0.3 is 0 Å². The molecule has 2 N–H and O–H groups in total. The molecule has 1 amide bonds. The summed E-state index contributed by atoms with van der Waals surface area (Å²) in [6.45, 7) is 3.96. The number of hydrogen-bond acceptors (Lipinski definition) is 7. The Morgan fingerprint density at radius 2 is 1.86 bits per heavy atom. The predicted molar refractivity (Wildman–Crippen MR) is 109 cm³/mol. The van der Waals surface area contributed by atoms with Crippen molar-refractivity contribution in [3.63, 3.8) is 0 Å². The van der Waals surface area contributed by atoms with Crippen LogP contribution in [0.15, 0.2) is 17.5 Å². The second kappa shape index (κ2) is 10.3. The van der Waals surface area contributed by atoms with Crippen LogP contribution < -0.4 is 19.5 Å². The molecule has 1 aromatic heterocycles. The Balaban J connectivity index is 2.17. The summed E-state index contributed by atoms with van der Waals surface area (Å²) in [6.07, 6.45) is 1.04. The second-order valence-corrected chi connectivity index (χ2v) is 7.34. The maximum absolute atomic E-state index is 12.3. The smallest absolute Gasteiger partial charge is 0.226 e. The minimum absolute atomic E-state index is 0.0749. The molecule has 0 aliphatic heterocycles. The van der Waals surface area contributed by atoms with E-state index in [1.54, 1.807) is 21.3 Å². The van der Waals surface area contributed by atoms with Crippen LogP contribution in [0.5, 0.6) is 17.2 Å². The quantitative estimate of drug-likeness (QED) is 0.628. The SMILES string of the molecule is CC[C@H](C)[C@H](CO)NC(=O)Cc1csc(-c2cc(OC)c(OC)c(OC)c2)n1. The fourth-order valence-electron chi connectivity index (χ4n) is 2.80. The Morgan fingerprint density at radius 3 is 2.36 bits per heavy atom. The van der Waals surface area contributed by atoms with Gasteiger partial charge in [0.15, 0.2) is 11.5 Å². The summed E-state index contributed by atoms with van der Waals surface area (Å²) in [6, 6.07) is 3.41. The number of methoxy groups -OCH3 is 3. The summed E-state index contributed by atoms with van der Waals surface area (Å²) in [5.41, 5.74) is 1.49. The van der Waals surface area contributed by atoms with E-state index in [1.165, 1.54) is 11.3 Å². The van der Waals surface area contributed by atoms with Gasteiger partial charge in [0, 0.05) is 10.9 Å². The van der Waals surface area contributed by atoms with Crippen molar-refractivity contribution in [2.24, 2.45) is 5.92 Å². The highest BCUT2D eigenvalue weighted by Crippen LogP contribution is 2.41. The Hall–Kier alpha value is -2.32. The van der Waals surface area contributed by atoms with Gasteiger partial charge in [-0.25, -0.2) is 4.98 Å². The fraction of sp³-hybridized carbons (Fsp3) is 0.500. The molecule has 0 spiro atoms. The molecule has 7 nitrogen and oxygen atoms in total. The number of amides is 1. The van der Waals surface area contributed by atoms with Gasteiger partial charge in [-0.2, -0.15) is 0 Å². The molecule has 0 unspecified atom stereocenters. The Morgan fingerprint density at radius 1 is 1.21 bits per heavy atom. The third kappa shape index (κ3) is 5.14. The van der Waals surface area contributed by atoms with Crippen molar-refractivity contribution in [2.75, 3.05) is 27.9 Å². The molecule has 0 bridgehead atoms. The largest absolute Gasteiger partial charge is 0.493 e. The lowest BCUT2D eigenvalue weighted by Gasteiger charge is -2.21. The van der Waals surface area contributed by atoms with Gasteiger partial charge in [-0.05, 0) is 18.1 Å². The molecule has 28 heavy (non-hydrogen) atoms. The highest BCUT2D eigenvalue weighted by Gasteiger charge is 2.19. The van der Waals surface area contributed by atoms with Gasteiger partial charge in [-0.3, -0.25) is 4.79 Å². The number of aliphatic hydroxyl groups excluding tert-OH is 1. The molecule has 2 rings (SSSR count). The highest BCUT2D eigenvalue weighted by atomic mass is 32.1. The number of benzene rings is 1. The highest BCUT2D eigenvalue weighted by molar-refractivity contribution is 7.13. The molecule has 0 aliphatic rings. The lowest BCUT2D eigenvalue weighted by molar-refractivity contribution is -0.121. The molecule has 8 heteroatoms. The first-order chi connectivity index (χ1) is 13.5. The van der Waals surface area contributed by atoms with E-state index in [0.717, 1.165) is 17.0 Å². The van der Waals surface area contributed by atoms with E-state index in [2.05, 4.69) is 10.3 Å². The zero-order valence-corrected chi connectivity index (χ0v) is 17.8. The summed E-state index contributed by atoms with van der Waals surface area (Å²) in [4.78, 5) is 16.9. The van der Waals surface area contributed by atoms with Crippen LogP contribution >= 0.6 is 11.3 Å². The first kappa shape index (κ1) is 22.0. The van der Waals surface area contributed by atoms with Gasteiger partial charge in [0.2, 0.25) is 11.7 Å². The number of nitrogens with one attached hydrogen (secondary N) is 1. The molecular weight excluding hydrogens is 380 g/mol. The van der Waals surface area contributed by atoms with Crippen molar-refractivity contribution in [2.45, 2.75) is 32.7 Å². The van der Waals surface area contributed by atoms with E-state index in [-0.39, 0.29) is 30.9 Å². The van der Waals surface area contributed by atoms with Crippen LogP contribution in [0.2, 0.25) is 0 Å². The Bertz CT molecular complexity index is 768. The van der Waals surface area contributed by atoms with E-state index >= 15 is 0 Å². The lowest BCUT2D eigenvalue weighted by Crippen LogP contribution is -2.42. The maximum atomic E-state index is 12.3. The van der Waals surface area contributed by atoms with Gasteiger partial charge in [-0.1, -0.05) is 20.3 Å². The molecule has 0 saturated heterocycles. The van der Waals surface area contributed by atoms with Crippen LogP contribution in [0.4, 0.5) is 0 Å².